The van der Waals surface area contributed by atoms with Gasteiger partial charge in [-0.3, -0.25) is 0 Å². The topological polar surface area (TPSA) is 0 Å². The average Bonchev–Trinajstić information content (AvgIpc) is 2.57. The second-order valence-corrected chi connectivity index (χ2v) is 6.50. The number of fused-ring (bicyclic) bond motifs is 3. The average molecular weight is 240 g/mol. The van der Waals surface area contributed by atoms with Crippen molar-refractivity contribution in [2.24, 2.45) is 23.7 Å². The smallest absolute Gasteiger partial charge is 0.0101 e. The van der Waals surface area contributed by atoms with Crippen LogP contribution in [0.1, 0.15) is 40.0 Å². The van der Waals surface area contributed by atoms with Gasteiger partial charge in [-0.15, -0.1) is 0 Å². The minimum Gasteiger partial charge on any atom is -0.0841 e. The van der Waals surface area contributed by atoms with E-state index >= 15 is 0 Å². The summed E-state index contributed by atoms with van der Waals surface area (Å²) >= 11 is 0. The van der Waals surface area contributed by atoms with Gasteiger partial charge >= 0.3 is 0 Å². The molecule has 3 rings (SSSR count). The second-order valence-electron chi connectivity index (χ2n) is 6.50. The highest BCUT2D eigenvalue weighted by atomic mass is 14.4. The van der Waals surface area contributed by atoms with Crippen LogP contribution in [-0.4, -0.2) is 0 Å². The van der Waals surface area contributed by atoms with Crippen molar-refractivity contribution in [1.29, 1.82) is 0 Å². The quantitative estimate of drug-likeness (QED) is 0.519. The van der Waals surface area contributed by atoms with Crippen LogP contribution in [0.5, 0.6) is 0 Å². The molecule has 0 N–H and O–H groups in total. The van der Waals surface area contributed by atoms with Gasteiger partial charge in [-0.05, 0) is 49.9 Å². The van der Waals surface area contributed by atoms with Crippen molar-refractivity contribution >= 4 is 0 Å². The van der Waals surface area contributed by atoms with Crippen LogP contribution in [0, 0.1) is 23.7 Å². The predicted molar refractivity (Wildman–Crippen MR) is 78.2 cm³/mol. The molecule has 0 radical (unpaired) electrons. The molecule has 0 aromatic rings. The van der Waals surface area contributed by atoms with E-state index in [1.54, 1.807) is 11.1 Å². The van der Waals surface area contributed by atoms with Crippen molar-refractivity contribution in [3.63, 3.8) is 0 Å². The second kappa shape index (κ2) is 4.57. The predicted octanol–water partition coefficient (Wildman–Crippen LogP) is 5.06. The Hall–Kier alpha value is -1.04. The van der Waals surface area contributed by atoms with Crippen molar-refractivity contribution in [2.75, 3.05) is 0 Å². The molecule has 0 heteroatoms. The molecular formula is C18H24. The standard InChI is InChI=1S/C18H24/c1-12-4-6-16-10-15(8-12)11-17-9-13(2)5-7-18(17)14(16)3/h5-9,12,14,17-18H,4,10-11H2,1-3H3. The van der Waals surface area contributed by atoms with Gasteiger partial charge in [-0.25, -0.2) is 0 Å². The minimum atomic E-state index is 0.715. The molecule has 0 saturated heterocycles. The fraction of sp³-hybridized carbons (Fsp3) is 0.556. The van der Waals surface area contributed by atoms with Gasteiger partial charge in [0, 0.05) is 0 Å². The third-order valence-electron chi connectivity index (χ3n) is 4.92. The molecule has 3 aliphatic carbocycles. The molecule has 1 saturated carbocycles. The third-order valence-corrected chi connectivity index (χ3v) is 4.92. The molecule has 0 spiro atoms. The van der Waals surface area contributed by atoms with Crippen LogP contribution in [0.25, 0.3) is 0 Å². The van der Waals surface area contributed by atoms with Crippen LogP contribution in [-0.2, 0) is 0 Å². The largest absolute Gasteiger partial charge is 0.0841 e. The van der Waals surface area contributed by atoms with Crippen LogP contribution < -0.4 is 0 Å². The van der Waals surface area contributed by atoms with E-state index in [9.17, 15) is 0 Å². The van der Waals surface area contributed by atoms with Crippen molar-refractivity contribution in [1.82, 2.24) is 0 Å². The summed E-state index contributed by atoms with van der Waals surface area (Å²) in [5, 5.41) is 0. The Morgan fingerprint density at radius 2 is 2.00 bits per heavy atom. The molecule has 3 aliphatic rings. The maximum absolute atomic E-state index is 2.54. The summed E-state index contributed by atoms with van der Waals surface area (Å²) in [4.78, 5) is 0. The van der Waals surface area contributed by atoms with E-state index in [2.05, 4.69) is 51.2 Å². The number of hydrogen-bond donors (Lipinski definition) is 0. The summed E-state index contributed by atoms with van der Waals surface area (Å²) in [6.07, 6.45) is 16.1. The summed E-state index contributed by atoms with van der Waals surface area (Å²) < 4.78 is 0. The highest BCUT2D eigenvalue weighted by molar-refractivity contribution is 5.33. The molecule has 0 aromatic carbocycles. The zero-order valence-electron chi connectivity index (χ0n) is 11.8. The van der Waals surface area contributed by atoms with Gasteiger partial charge in [-0.1, -0.05) is 60.9 Å². The normalized spacial score (nSPS) is 38.9. The SMILES string of the molecule is CC1=CC2CC3=CC(C)CC=C(C3)C(C)C2C=C1. The summed E-state index contributed by atoms with van der Waals surface area (Å²) in [6, 6.07) is 0. The summed E-state index contributed by atoms with van der Waals surface area (Å²) in [6.45, 7) is 7.02. The number of allylic oxidation sites excluding steroid dienone is 8. The summed E-state index contributed by atoms with van der Waals surface area (Å²) in [5.41, 5.74) is 4.82. The van der Waals surface area contributed by atoms with Gasteiger partial charge in [0.1, 0.15) is 0 Å². The third kappa shape index (κ3) is 2.13. The van der Waals surface area contributed by atoms with Gasteiger partial charge in [0.05, 0.1) is 0 Å². The molecule has 0 aromatic heterocycles. The molecule has 4 atom stereocenters. The van der Waals surface area contributed by atoms with E-state index in [0.717, 1.165) is 17.8 Å². The molecular weight excluding hydrogens is 216 g/mol. The molecule has 0 nitrogen and oxygen atoms in total. The van der Waals surface area contributed by atoms with Crippen molar-refractivity contribution in [3.05, 3.63) is 47.1 Å². The van der Waals surface area contributed by atoms with Crippen LogP contribution in [0.15, 0.2) is 47.1 Å². The molecule has 18 heavy (non-hydrogen) atoms. The lowest BCUT2D eigenvalue weighted by Gasteiger charge is -2.29. The van der Waals surface area contributed by atoms with E-state index in [0.29, 0.717) is 5.92 Å². The Bertz CT molecular complexity index is 458. The highest BCUT2D eigenvalue weighted by Gasteiger charge is 2.32. The van der Waals surface area contributed by atoms with E-state index in [1.807, 2.05) is 0 Å². The first-order valence-corrected chi connectivity index (χ1v) is 7.38. The maximum atomic E-state index is 2.54. The van der Waals surface area contributed by atoms with E-state index in [4.69, 9.17) is 0 Å². The fourth-order valence-electron chi connectivity index (χ4n) is 3.88. The van der Waals surface area contributed by atoms with Crippen LogP contribution in [0.3, 0.4) is 0 Å². The summed E-state index contributed by atoms with van der Waals surface area (Å²) in [5.74, 6) is 2.89. The summed E-state index contributed by atoms with van der Waals surface area (Å²) in [7, 11) is 0. The molecule has 0 heterocycles. The van der Waals surface area contributed by atoms with E-state index < -0.39 is 0 Å². The van der Waals surface area contributed by atoms with Gasteiger partial charge in [0.2, 0.25) is 0 Å². The first-order chi connectivity index (χ1) is 8.63. The minimum absolute atomic E-state index is 0.715. The Labute approximate surface area is 111 Å². The molecule has 0 aliphatic heterocycles. The number of hydrogen-bond acceptors (Lipinski definition) is 0. The highest BCUT2D eigenvalue weighted by Crippen LogP contribution is 2.44. The fourth-order valence-corrected chi connectivity index (χ4v) is 3.88. The Balaban J connectivity index is 1.99. The molecule has 4 unspecified atom stereocenters. The van der Waals surface area contributed by atoms with Crippen LogP contribution >= 0.6 is 0 Å². The van der Waals surface area contributed by atoms with Crippen molar-refractivity contribution < 1.29 is 0 Å². The lowest BCUT2D eigenvalue weighted by Crippen LogP contribution is -2.20. The van der Waals surface area contributed by atoms with Gasteiger partial charge < -0.3 is 0 Å². The Morgan fingerprint density at radius 3 is 2.83 bits per heavy atom. The Morgan fingerprint density at radius 1 is 1.17 bits per heavy atom. The molecule has 0 amide bonds. The van der Waals surface area contributed by atoms with Crippen molar-refractivity contribution in [2.45, 2.75) is 40.0 Å². The Kier molecular flexibility index (Phi) is 3.05. The monoisotopic (exact) mass is 240 g/mol. The first-order valence-electron chi connectivity index (χ1n) is 7.38. The van der Waals surface area contributed by atoms with Gasteiger partial charge in [0.25, 0.3) is 0 Å². The van der Waals surface area contributed by atoms with Gasteiger partial charge in [0.15, 0.2) is 0 Å². The lowest BCUT2D eigenvalue weighted by atomic mass is 9.75. The lowest BCUT2D eigenvalue weighted by molar-refractivity contribution is 0.384. The zero-order valence-corrected chi connectivity index (χ0v) is 11.8. The zero-order chi connectivity index (χ0) is 12.7. The van der Waals surface area contributed by atoms with Crippen molar-refractivity contribution in [3.8, 4) is 0 Å². The maximum Gasteiger partial charge on any atom is -0.0101 e. The molecule has 1 fully saturated rings. The van der Waals surface area contributed by atoms with E-state index in [-0.39, 0.29) is 0 Å². The van der Waals surface area contributed by atoms with E-state index in [1.165, 1.54) is 24.8 Å². The number of rotatable bonds is 0. The van der Waals surface area contributed by atoms with Gasteiger partial charge in [-0.2, -0.15) is 0 Å². The first kappa shape index (κ1) is 12.0. The van der Waals surface area contributed by atoms with Crippen LogP contribution in [0.2, 0.25) is 0 Å². The molecule has 2 bridgehead atoms. The molecule has 96 valence electrons. The van der Waals surface area contributed by atoms with Crippen LogP contribution in [0.4, 0.5) is 0 Å².